The van der Waals surface area contributed by atoms with Crippen molar-refractivity contribution in [1.29, 1.82) is 0 Å². The van der Waals surface area contributed by atoms with Gasteiger partial charge in [-0.3, -0.25) is 0 Å². The minimum atomic E-state index is 0.259. The summed E-state index contributed by atoms with van der Waals surface area (Å²) in [5.41, 5.74) is 0. The molecule has 0 bridgehead atoms. The van der Waals surface area contributed by atoms with Gasteiger partial charge in [0.2, 0.25) is 0 Å². The molecule has 0 amide bonds. The predicted octanol–water partition coefficient (Wildman–Crippen LogP) is -2.91. The molecule has 0 radical (unpaired) electrons. The Morgan fingerprint density at radius 2 is 2.08 bits per heavy atom. The Kier molecular flexibility index (Phi) is 2.83. The van der Waals surface area contributed by atoms with Gasteiger partial charge in [0, 0.05) is 0 Å². The van der Waals surface area contributed by atoms with Gasteiger partial charge in [0.05, 0.1) is 0 Å². The van der Waals surface area contributed by atoms with Crippen LogP contribution in [0, 0.1) is 0 Å². The zero-order valence-electron chi connectivity index (χ0n) is 7.18. The third-order valence-electron chi connectivity index (χ3n) is 2.29. The molecule has 2 N–H and O–H groups in total. The van der Waals surface area contributed by atoms with E-state index in [4.69, 9.17) is 0 Å². The Morgan fingerprint density at radius 1 is 1.33 bits per heavy atom. The molecule has 1 heterocycles. The molecule has 0 aromatic carbocycles. The molecule has 0 saturated carbocycles. The van der Waals surface area contributed by atoms with Crippen molar-refractivity contribution in [1.82, 2.24) is 10.6 Å². The van der Waals surface area contributed by atoms with Crippen molar-refractivity contribution in [3.63, 3.8) is 0 Å². The quantitative estimate of drug-likeness (QED) is 0.397. The number of alkyl halides is 1. The van der Waals surface area contributed by atoms with Crippen molar-refractivity contribution in [3.8, 4) is 0 Å². The molecule has 2 atom stereocenters. The van der Waals surface area contributed by atoms with E-state index in [-0.39, 0.29) is 21.2 Å². The van der Waals surface area contributed by atoms with Crippen molar-refractivity contribution in [2.24, 2.45) is 0 Å². The fourth-order valence-corrected chi connectivity index (χ4v) is 2.94. The van der Waals surface area contributed by atoms with Crippen molar-refractivity contribution in [2.45, 2.75) is 12.1 Å². The van der Waals surface area contributed by atoms with Gasteiger partial charge in [0.1, 0.15) is 0 Å². The van der Waals surface area contributed by atoms with Crippen LogP contribution in [0.1, 0.15) is 0 Å². The van der Waals surface area contributed by atoms with E-state index in [9.17, 15) is 0 Å². The Bertz CT molecular complexity index is 223. The predicted molar refractivity (Wildman–Crippen MR) is 46.7 cm³/mol. The first kappa shape index (κ1) is 8.72. The molecular weight excluding hydrogens is 263 g/mol. The first-order valence-corrected chi connectivity index (χ1v) is 7.50. The monoisotopic (exact) mass is 277 g/mol. The summed E-state index contributed by atoms with van der Waals surface area (Å²) in [5, 5.41) is 7.00. The second-order valence-electron chi connectivity index (χ2n) is 3.06. The Labute approximate surface area is 83.8 Å². The summed E-state index contributed by atoms with van der Waals surface area (Å²) in [6, 6.07) is 1.09. The van der Waals surface area contributed by atoms with E-state index < -0.39 is 0 Å². The fraction of sp³-hybridized carbons (Fsp3) is 0.556. The van der Waals surface area contributed by atoms with Crippen molar-refractivity contribution in [2.75, 3.05) is 18.0 Å². The van der Waals surface area contributed by atoms with Crippen LogP contribution in [0.25, 0.3) is 0 Å². The molecule has 0 aromatic rings. The van der Waals surface area contributed by atoms with Crippen LogP contribution in [0.4, 0.5) is 0 Å². The minimum absolute atomic E-state index is 0.259. The van der Waals surface area contributed by atoms with Gasteiger partial charge in [-0.15, -0.1) is 0 Å². The molecule has 68 valence electrons. The molecule has 1 fully saturated rings. The van der Waals surface area contributed by atoms with Crippen molar-refractivity contribution < 1.29 is 21.2 Å². The van der Waals surface area contributed by atoms with E-state index in [1.807, 2.05) is 0 Å². The summed E-state index contributed by atoms with van der Waals surface area (Å²) in [5.74, 6) is 0. The van der Waals surface area contributed by atoms with E-state index in [0.717, 1.165) is 13.1 Å². The zero-order chi connectivity index (χ0) is 8.39. The fourth-order valence-electron chi connectivity index (χ4n) is 1.63. The number of halogens is 1. The summed E-state index contributed by atoms with van der Waals surface area (Å²) in [4.78, 5) is 2.31. The summed E-state index contributed by atoms with van der Waals surface area (Å²) in [7, 11) is 0. The van der Waals surface area contributed by atoms with Crippen LogP contribution in [0.3, 0.4) is 0 Å². The molecular formula is C9H14IN2-. The zero-order valence-corrected chi connectivity index (χ0v) is 9.34. The Hall–Kier alpha value is 0.130. The Morgan fingerprint density at radius 3 is 2.83 bits per heavy atom. The summed E-state index contributed by atoms with van der Waals surface area (Å²) in [6.45, 7) is 2.19. The maximum absolute atomic E-state index is 3.51. The number of rotatable bonds is 1. The SMILES string of the molecule is C[I-]C1=CC2NCCNC2C=C1. The van der Waals surface area contributed by atoms with Crippen LogP contribution in [-0.4, -0.2) is 30.1 Å². The van der Waals surface area contributed by atoms with Gasteiger partial charge in [-0.05, 0) is 0 Å². The van der Waals surface area contributed by atoms with Gasteiger partial charge < -0.3 is 0 Å². The number of allylic oxidation sites excluding steroid dienone is 2. The first-order valence-electron chi connectivity index (χ1n) is 4.26. The number of fused-ring (bicyclic) bond motifs is 1. The van der Waals surface area contributed by atoms with Gasteiger partial charge in [-0.2, -0.15) is 0 Å². The maximum atomic E-state index is 3.51. The molecule has 2 aliphatic rings. The van der Waals surface area contributed by atoms with E-state index in [0.29, 0.717) is 12.1 Å². The van der Waals surface area contributed by atoms with Gasteiger partial charge in [0.15, 0.2) is 0 Å². The van der Waals surface area contributed by atoms with Gasteiger partial charge in [-0.1, -0.05) is 0 Å². The van der Waals surface area contributed by atoms with Crippen LogP contribution in [-0.2, 0) is 0 Å². The molecule has 2 nitrogen and oxygen atoms in total. The second kappa shape index (κ2) is 3.89. The average Bonchev–Trinajstić information content (AvgIpc) is 2.17. The normalized spacial score (nSPS) is 34.6. The molecule has 12 heavy (non-hydrogen) atoms. The van der Waals surface area contributed by atoms with Crippen LogP contribution in [0.2, 0.25) is 0 Å². The summed E-state index contributed by atoms with van der Waals surface area (Å²) < 4.78 is 1.56. The van der Waals surface area contributed by atoms with E-state index in [2.05, 4.69) is 33.8 Å². The third kappa shape index (κ3) is 1.72. The topological polar surface area (TPSA) is 24.1 Å². The number of hydrogen-bond donors (Lipinski definition) is 2. The van der Waals surface area contributed by atoms with Crippen molar-refractivity contribution >= 4 is 0 Å². The second-order valence-corrected chi connectivity index (χ2v) is 5.38. The molecule has 0 spiro atoms. The molecule has 2 rings (SSSR count). The van der Waals surface area contributed by atoms with Gasteiger partial charge in [0.25, 0.3) is 0 Å². The molecule has 1 aliphatic heterocycles. The molecule has 3 heteroatoms. The summed E-state index contributed by atoms with van der Waals surface area (Å²) in [6.07, 6.45) is 6.98. The van der Waals surface area contributed by atoms with Crippen LogP contribution in [0.5, 0.6) is 0 Å². The molecule has 1 saturated heterocycles. The number of nitrogens with one attached hydrogen (secondary N) is 2. The third-order valence-corrected chi connectivity index (χ3v) is 4.26. The first-order chi connectivity index (χ1) is 5.90. The van der Waals surface area contributed by atoms with Gasteiger partial charge in [-0.25, -0.2) is 0 Å². The van der Waals surface area contributed by atoms with E-state index in [1.165, 1.54) is 0 Å². The van der Waals surface area contributed by atoms with Crippen molar-refractivity contribution in [3.05, 3.63) is 21.8 Å². The standard InChI is InChI=1S/C9H14IN2/c1-10-7-2-3-8-9(6-7)12-5-4-11-8/h2-3,6,8-9,11-12H,4-5H2,1H3/q-1. The molecule has 0 aromatic heterocycles. The Balaban J connectivity index is 2.09. The van der Waals surface area contributed by atoms with Crippen LogP contribution < -0.4 is 31.8 Å². The average molecular weight is 277 g/mol. The van der Waals surface area contributed by atoms with E-state index in [1.54, 1.807) is 3.58 Å². The van der Waals surface area contributed by atoms with Gasteiger partial charge >= 0.3 is 83.8 Å². The van der Waals surface area contributed by atoms with Crippen LogP contribution in [0.15, 0.2) is 21.8 Å². The molecule has 1 aliphatic carbocycles. The number of piperazine rings is 1. The number of hydrogen-bond acceptors (Lipinski definition) is 2. The molecule has 2 unspecified atom stereocenters. The van der Waals surface area contributed by atoms with E-state index >= 15 is 0 Å². The summed E-state index contributed by atoms with van der Waals surface area (Å²) >= 11 is 0.259. The van der Waals surface area contributed by atoms with Crippen LogP contribution >= 0.6 is 0 Å².